The van der Waals surface area contributed by atoms with Crippen LogP contribution >= 0.6 is 22.6 Å². The first-order valence-corrected chi connectivity index (χ1v) is 11.5. The van der Waals surface area contributed by atoms with Crippen molar-refractivity contribution in [3.05, 3.63) is 46.8 Å². The number of carbonyl (C=O) groups is 2. The van der Waals surface area contributed by atoms with Crippen molar-refractivity contribution in [2.24, 2.45) is 0 Å². The second-order valence-electron chi connectivity index (χ2n) is 6.29. The van der Waals surface area contributed by atoms with Crippen molar-refractivity contribution in [1.29, 1.82) is 0 Å². The molecule has 0 atom stereocenters. The SMILES string of the molecule is CCOC(=O)c1c(C)nc(C)c(C(=O)OCC)c1-c1ccc(N(C)C)cc1.CI. The molecule has 0 fully saturated rings. The molecule has 2 aromatic rings. The van der Waals surface area contributed by atoms with Crippen LogP contribution in [-0.4, -0.2) is 49.2 Å². The zero-order valence-electron chi connectivity index (χ0n) is 18.1. The number of halogens is 1. The van der Waals surface area contributed by atoms with E-state index >= 15 is 0 Å². The van der Waals surface area contributed by atoms with Crippen LogP contribution in [0, 0.1) is 13.8 Å². The minimum Gasteiger partial charge on any atom is -0.462 e. The molecule has 1 heterocycles. The van der Waals surface area contributed by atoms with Gasteiger partial charge < -0.3 is 14.4 Å². The molecule has 158 valence electrons. The van der Waals surface area contributed by atoms with E-state index in [1.54, 1.807) is 27.7 Å². The third-order valence-electron chi connectivity index (χ3n) is 4.19. The molecule has 29 heavy (non-hydrogen) atoms. The van der Waals surface area contributed by atoms with Crippen molar-refractivity contribution in [3.8, 4) is 11.1 Å². The fourth-order valence-corrected chi connectivity index (χ4v) is 2.97. The molecule has 0 spiro atoms. The van der Waals surface area contributed by atoms with E-state index in [2.05, 4.69) is 27.6 Å². The Balaban J connectivity index is 0.00000204. The number of carbonyl (C=O) groups excluding carboxylic acids is 2. The number of benzene rings is 1. The summed E-state index contributed by atoms with van der Waals surface area (Å²) in [6.45, 7) is 7.44. The number of hydrogen-bond acceptors (Lipinski definition) is 6. The zero-order valence-corrected chi connectivity index (χ0v) is 20.3. The van der Waals surface area contributed by atoms with Gasteiger partial charge in [0.25, 0.3) is 0 Å². The summed E-state index contributed by atoms with van der Waals surface area (Å²) in [5, 5.41) is 0. The van der Waals surface area contributed by atoms with Gasteiger partial charge >= 0.3 is 11.9 Å². The lowest BCUT2D eigenvalue weighted by Gasteiger charge is -2.19. The molecule has 0 saturated carbocycles. The summed E-state index contributed by atoms with van der Waals surface area (Å²) in [6.07, 6.45) is 0. The van der Waals surface area contributed by atoms with Gasteiger partial charge in [-0.05, 0) is 50.3 Å². The fraction of sp³-hybridized carbons (Fsp3) is 0.409. The molecule has 0 N–H and O–H groups in total. The molecular weight excluding hydrogens is 483 g/mol. The van der Waals surface area contributed by atoms with Gasteiger partial charge in [-0.1, -0.05) is 34.7 Å². The van der Waals surface area contributed by atoms with Crippen molar-refractivity contribution in [2.75, 3.05) is 37.1 Å². The van der Waals surface area contributed by atoms with E-state index < -0.39 is 11.9 Å². The molecule has 7 heteroatoms. The minimum atomic E-state index is -0.500. The summed E-state index contributed by atoms with van der Waals surface area (Å²) in [6, 6.07) is 7.64. The molecule has 0 unspecified atom stereocenters. The van der Waals surface area contributed by atoms with Gasteiger partial charge in [0.05, 0.1) is 35.7 Å². The van der Waals surface area contributed by atoms with Crippen LogP contribution in [0.25, 0.3) is 11.1 Å². The first-order valence-electron chi connectivity index (χ1n) is 9.32. The van der Waals surface area contributed by atoms with Crippen LogP contribution in [0.2, 0.25) is 0 Å². The van der Waals surface area contributed by atoms with Crippen LogP contribution in [-0.2, 0) is 9.47 Å². The van der Waals surface area contributed by atoms with E-state index in [0.29, 0.717) is 28.1 Å². The van der Waals surface area contributed by atoms with Crippen LogP contribution in [0.4, 0.5) is 5.69 Å². The number of hydrogen-bond donors (Lipinski definition) is 0. The Bertz CT molecular complexity index is 807. The van der Waals surface area contributed by atoms with E-state index in [9.17, 15) is 9.59 Å². The van der Waals surface area contributed by atoms with Crippen LogP contribution in [0.1, 0.15) is 46.0 Å². The van der Waals surface area contributed by atoms with Crippen molar-refractivity contribution < 1.29 is 19.1 Å². The number of nitrogens with zero attached hydrogens (tertiary/aromatic N) is 2. The predicted molar refractivity (Wildman–Crippen MR) is 125 cm³/mol. The second kappa shape index (κ2) is 11.7. The Morgan fingerprint density at radius 2 is 1.31 bits per heavy atom. The summed E-state index contributed by atoms with van der Waals surface area (Å²) >= 11 is 2.15. The van der Waals surface area contributed by atoms with Crippen molar-refractivity contribution in [3.63, 3.8) is 0 Å². The summed E-state index contributed by atoms with van der Waals surface area (Å²) in [7, 11) is 3.90. The van der Waals surface area contributed by atoms with E-state index in [1.807, 2.05) is 48.2 Å². The molecule has 0 saturated heterocycles. The monoisotopic (exact) mass is 512 g/mol. The van der Waals surface area contributed by atoms with Gasteiger partial charge in [-0.3, -0.25) is 4.98 Å². The Kier molecular flexibility index (Phi) is 10.1. The van der Waals surface area contributed by atoms with Gasteiger partial charge in [0.15, 0.2) is 0 Å². The third kappa shape index (κ3) is 5.91. The van der Waals surface area contributed by atoms with Crippen LogP contribution in [0.5, 0.6) is 0 Å². The number of pyridine rings is 1. The normalized spacial score (nSPS) is 9.93. The van der Waals surface area contributed by atoms with Gasteiger partial charge in [0.2, 0.25) is 0 Å². The highest BCUT2D eigenvalue weighted by molar-refractivity contribution is 14.1. The number of alkyl halides is 1. The van der Waals surface area contributed by atoms with E-state index in [0.717, 1.165) is 11.3 Å². The van der Waals surface area contributed by atoms with Gasteiger partial charge in [-0.25, -0.2) is 9.59 Å². The van der Waals surface area contributed by atoms with Gasteiger partial charge in [-0.15, -0.1) is 0 Å². The van der Waals surface area contributed by atoms with Gasteiger partial charge in [0, 0.05) is 25.3 Å². The molecule has 0 aliphatic carbocycles. The highest BCUT2D eigenvalue weighted by atomic mass is 127. The number of esters is 2. The highest BCUT2D eigenvalue weighted by Gasteiger charge is 2.27. The quantitative estimate of drug-likeness (QED) is 0.314. The van der Waals surface area contributed by atoms with E-state index in [4.69, 9.17) is 9.47 Å². The number of rotatable bonds is 6. The number of anilines is 1. The Morgan fingerprint density at radius 3 is 1.66 bits per heavy atom. The predicted octanol–water partition coefficient (Wildman–Crippen LogP) is 4.84. The molecule has 0 aliphatic rings. The molecule has 1 aromatic heterocycles. The largest absolute Gasteiger partial charge is 0.462 e. The lowest BCUT2D eigenvalue weighted by Crippen LogP contribution is -2.17. The standard InChI is InChI=1S/C21H26N2O4.CH3I/c1-7-26-20(24)17-13(3)22-14(4)18(21(25)27-8-2)19(17)15-9-11-16(12-10-15)23(5)6;1-2/h9-12H,7-8H2,1-6H3;1H3. The average molecular weight is 512 g/mol. The minimum absolute atomic E-state index is 0.236. The number of aromatic nitrogens is 1. The molecule has 0 bridgehead atoms. The summed E-state index contributed by atoms with van der Waals surface area (Å²) in [5.41, 5.74) is 3.88. The summed E-state index contributed by atoms with van der Waals surface area (Å²) in [5.74, 6) is -1.00. The fourth-order valence-electron chi connectivity index (χ4n) is 2.97. The number of aryl methyl sites for hydroxylation is 2. The molecule has 0 radical (unpaired) electrons. The number of ether oxygens (including phenoxy) is 2. The molecule has 0 amide bonds. The lowest BCUT2D eigenvalue weighted by molar-refractivity contribution is 0.0525. The smallest absolute Gasteiger partial charge is 0.340 e. The second-order valence-corrected chi connectivity index (χ2v) is 6.29. The van der Waals surface area contributed by atoms with E-state index in [1.165, 1.54) is 0 Å². The maximum Gasteiger partial charge on any atom is 0.340 e. The van der Waals surface area contributed by atoms with Crippen molar-refractivity contribution >= 4 is 40.2 Å². The van der Waals surface area contributed by atoms with Gasteiger partial charge in [-0.2, -0.15) is 0 Å². The summed E-state index contributed by atoms with van der Waals surface area (Å²) in [4.78, 5) is 33.7. The lowest BCUT2D eigenvalue weighted by atomic mass is 9.92. The van der Waals surface area contributed by atoms with Crippen LogP contribution < -0.4 is 4.90 Å². The summed E-state index contributed by atoms with van der Waals surface area (Å²) < 4.78 is 10.5. The highest BCUT2D eigenvalue weighted by Crippen LogP contribution is 2.33. The maximum absolute atomic E-state index is 12.7. The van der Waals surface area contributed by atoms with Gasteiger partial charge in [0.1, 0.15) is 0 Å². The first-order chi connectivity index (χ1) is 13.8. The molecule has 6 nitrogen and oxygen atoms in total. The van der Waals surface area contributed by atoms with Crippen molar-refractivity contribution in [1.82, 2.24) is 4.98 Å². The van der Waals surface area contributed by atoms with Crippen molar-refractivity contribution in [2.45, 2.75) is 27.7 Å². The molecule has 2 rings (SSSR count). The van der Waals surface area contributed by atoms with Crippen LogP contribution in [0.15, 0.2) is 24.3 Å². The van der Waals surface area contributed by atoms with Crippen LogP contribution in [0.3, 0.4) is 0 Å². The van der Waals surface area contributed by atoms with E-state index in [-0.39, 0.29) is 13.2 Å². The molecular formula is C22H29IN2O4. The topological polar surface area (TPSA) is 68.7 Å². The molecule has 0 aliphatic heterocycles. The average Bonchev–Trinajstić information content (AvgIpc) is 2.69. The zero-order chi connectivity index (χ0) is 22.1. The Hall–Kier alpha value is -2.16. The Morgan fingerprint density at radius 1 is 0.897 bits per heavy atom. The Labute approximate surface area is 186 Å². The first kappa shape index (κ1) is 24.9. The maximum atomic E-state index is 12.7. The third-order valence-corrected chi connectivity index (χ3v) is 4.19. The molecule has 1 aromatic carbocycles.